The summed E-state index contributed by atoms with van der Waals surface area (Å²) >= 11 is 3.66. The summed E-state index contributed by atoms with van der Waals surface area (Å²) < 4.78 is 1.28. The lowest BCUT2D eigenvalue weighted by atomic mass is 9.56. The monoisotopic (exact) mass is 251 g/mol. The molecule has 2 aliphatic heterocycles. The molecule has 0 aromatic heterocycles. The average Bonchev–Trinajstić information content (AvgIpc) is 2.18. The van der Waals surface area contributed by atoms with E-state index >= 15 is 0 Å². The molecule has 2 bridgehead atoms. The van der Waals surface area contributed by atoms with Crippen LogP contribution in [0.5, 0.6) is 0 Å². The van der Waals surface area contributed by atoms with Gasteiger partial charge in [0.25, 0.3) is 0 Å². The van der Waals surface area contributed by atoms with Crippen LogP contribution >= 0.6 is 15.9 Å². The number of fused-ring (bicyclic) bond motifs is 2. The first-order valence-electron chi connectivity index (χ1n) is 5.26. The molecule has 4 rings (SSSR count). The Balaban J connectivity index is 1.99. The molecule has 2 heterocycles. The molecule has 1 aromatic rings. The lowest BCUT2D eigenvalue weighted by Gasteiger charge is -2.53. The molecule has 0 amide bonds. The van der Waals surface area contributed by atoms with E-state index in [1.54, 1.807) is 0 Å². The van der Waals surface area contributed by atoms with Gasteiger partial charge in [0.05, 0.1) is 0 Å². The van der Waals surface area contributed by atoms with Crippen molar-refractivity contribution < 1.29 is 0 Å². The summed E-state index contributed by atoms with van der Waals surface area (Å²) in [5, 5.41) is 3.53. The van der Waals surface area contributed by atoms with Gasteiger partial charge in [-0.3, -0.25) is 0 Å². The van der Waals surface area contributed by atoms with E-state index in [-0.39, 0.29) is 0 Å². The molecule has 1 aliphatic carbocycles. The number of piperidine rings is 2. The average molecular weight is 252 g/mol. The van der Waals surface area contributed by atoms with Crippen molar-refractivity contribution in [2.24, 2.45) is 5.92 Å². The first-order valence-corrected chi connectivity index (χ1v) is 6.05. The van der Waals surface area contributed by atoms with E-state index in [2.05, 4.69) is 45.5 Å². The molecule has 1 aromatic carbocycles. The third-order valence-electron chi connectivity index (χ3n) is 3.70. The van der Waals surface area contributed by atoms with Gasteiger partial charge in [0.1, 0.15) is 0 Å². The zero-order chi connectivity index (χ0) is 9.60. The Hall–Kier alpha value is -0.340. The van der Waals surface area contributed by atoms with E-state index in [1.807, 2.05) is 0 Å². The van der Waals surface area contributed by atoms with Crippen LogP contribution in [0.3, 0.4) is 0 Å². The molecule has 3 aliphatic rings. The predicted octanol–water partition coefficient (Wildman–Crippen LogP) is 2.70. The van der Waals surface area contributed by atoms with Gasteiger partial charge in [0, 0.05) is 16.4 Å². The van der Waals surface area contributed by atoms with E-state index in [0.717, 1.165) is 12.5 Å². The zero-order valence-electron chi connectivity index (χ0n) is 8.09. The van der Waals surface area contributed by atoms with E-state index in [1.165, 1.54) is 29.4 Å². The van der Waals surface area contributed by atoms with Crippen molar-refractivity contribution >= 4 is 15.9 Å². The number of rotatable bonds is 1. The van der Waals surface area contributed by atoms with E-state index < -0.39 is 0 Å². The van der Waals surface area contributed by atoms with Crippen molar-refractivity contribution in [2.45, 2.75) is 18.3 Å². The van der Waals surface area contributed by atoms with Crippen molar-refractivity contribution in [1.29, 1.82) is 0 Å². The molecule has 3 fully saturated rings. The number of hydrogen-bond donors (Lipinski definition) is 1. The number of hydrogen-bond acceptors (Lipinski definition) is 1. The largest absolute Gasteiger partial charge is 0.316 e. The van der Waals surface area contributed by atoms with Crippen LogP contribution in [0.25, 0.3) is 0 Å². The molecule has 1 nitrogen and oxygen atoms in total. The Morgan fingerprint density at radius 1 is 1.29 bits per heavy atom. The molecule has 74 valence electrons. The number of halogens is 1. The number of benzene rings is 1. The highest BCUT2D eigenvalue weighted by Gasteiger charge is 2.48. The van der Waals surface area contributed by atoms with Gasteiger partial charge in [-0.15, -0.1) is 0 Å². The van der Waals surface area contributed by atoms with Crippen molar-refractivity contribution in [1.82, 2.24) is 5.32 Å². The molecular formula is C12H14BrN. The second-order valence-electron chi connectivity index (χ2n) is 4.67. The fraction of sp³-hybridized carbons (Fsp3) is 0.500. The maximum atomic E-state index is 3.66. The Kier molecular flexibility index (Phi) is 1.96. The van der Waals surface area contributed by atoms with Gasteiger partial charge < -0.3 is 5.32 Å². The third kappa shape index (κ3) is 1.17. The summed E-state index contributed by atoms with van der Waals surface area (Å²) in [6.07, 6.45) is 2.76. The highest BCUT2D eigenvalue weighted by Crippen LogP contribution is 2.51. The third-order valence-corrected chi connectivity index (χ3v) is 4.39. The highest BCUT2D eigenvalue weighted by molar-refractivity contribution is 9.10. The Morgan fingerprint density at radius 2 is 2.07 bits per heavy atom. The van der Waals surface area contributed by atoms with Crippen LogP contribution in [-0.2, 0) is 5.41 Å². The van der Waals surface area contributed by atoms with Crippen LogP contribution in [0, 0.1) is 5.92 Å². The zero-order valence-corrected chi connectivity index (χ0v) is 9.68. The van der Waals surface area contributed by atoms with Crippen LogP contribution in [0.1, 0.15) is 18.4 Å². The highest BCUT2D eigenvalue weighted by atomic mass is 79.9. The number of nitrogens with one attached hydrogen (secondary N) is 1. The predicted molar refractivity (Wildman–Crippen MR) is 61.4 cm³/mol. The summed E-state index contributed by atoms with van der Waals surface area (Å²) in [5.74, 6) is 0.927. The van der Waals surface area contributed by atoms with Crippen LogP contribution in [-0.4, -0.2) is 13.1 Å². The summed E-state index contributed by atoms with van der Waals surface area (Å²) in [6.45, 7) is 2.39. The maximum Gasteiger partial charge on any atom is 0.0213 e. The topological polar surface area (TPSA) is 12.0 Å². The first kappa shape index (κ1) is 8.93. The van der Waals surface area contributed by atoms with E-state index in [4.69, 9.17) is 0 Å². The summed E-state index contributed by atoms with van der Waals surface area (Å²) in [5.41, 5.74) is 1.95. The summed E-state index contributed by atoms with van der Waals surface area (Å²) in [6, 6.07) is 8.67. The lowest BCUT2D eigenvalue weighted by molar-refractivity contribution is 0.0894. The molecule has 0 unspecified atom stereocenters. The van der Waals surface area contributed by atoms with E-state index in [0.29, 0.717) is 5.41 Å². The molecule has 1 N–H and O–H groups in total. The second kappa shape index (κ2) is 3.07. The standard InChI is InChI=1S/C12H14BrN/c13-11-4-2-1-3-10(11)12-5-9(6-12)7-14-8-12/h1-4,9,14H,5-8H2. The quantitative estimate of drug-likeness (QED) is 0.810. The maximum absolute atomic E-state index is 3.66. The smallest absolute Gasteiger partial charge is 0.0213 e. The van der Waals surface area contributed by atoms with Crippen molar-refractivity contribution in [3.05, 3.63) is 34.3 Å². The minimum absolute atomic E-state index is 0.447. The SMILES string of the molecule is Brc1ccccc1C12CNCC(C1)C2. The van der Waals surface area contributed by atoms with Gasteiger partial charge in [-0.2, -0.15) is 0 Å². The minimum Gasteiger partial charge on any atom is -0.316 e. The summed E-state index contributed by atoms with van der Waals surface area (Å²) in [4.78, 5) is 0. The fourth-order valence-corrected chi connectivity index (χ4v) is 3.76. The van der Waals surface area contributed by atoms with Gasteiger partial charge >= 0.3 is 0 Å². The van der Waals surface area contributed by atoms with Crippen molar-refractivity contribution in [3.8, 4) is 0 Å². The normalized spacial score (nSPS) is 35.1. The van der Waals surface area contributed by atoms with E-state index in [9.17, 15) is 0 Å². The molecule has 0 atom stereocenters. The van der Waals surface area contributed by atoms with Gasteiger partial charge in [-0.1, -0.05) is 34.1 Å². The Morgan fingerprint density at radius 3 is 2.71 bits per heavy atom. The van der Waals surface area contributed by atoms with Crippen molar-refractivity contribution in [3.63, 3.8) is 0 Å². The molecule has 0 spiro atoms. The van der Waals surface area contributed by atoms with Crippen LogP contribution in [0.4, 0.5) is 0 Å². The fourth-order valence-electron chi connectivity index (χ4n) is 3.06. The minimum atomic E-state index is 0.447. The molecule has 0 radical (unpaired) electrons. The molecular weight excluding hydrogens is 238 g/mol. The Labute approximate surface area is 93.0 Å². The molecule has 2 saturated heterocycles. The molecule has 2 heteroatoms. The van der Waals surface area contributed by atoms with Gasteiger partial charge in [-0.05, 0) is 36.9 Å². The van der Waals surface area contributed by atoms with Gasteiger partial charge in [-0.25, -0.2) is 0 Å². The molecule has 1 saturated carbocycles. The van der Waals surface area contributed by atoms with Crippen LogP contribution < -0.4 is 5.32 Å². The first-order chi connectivity index (χ1) is 6.80. The van der Waals surface area contributed by atoms with Gasteiger partial charge in [0.2, 0.25) is 0 Å². The second-order valence-corrected chi connectivity index (χ2v) is 5.52. The van der Waals surface area contributed by atoms with Crippen LogP contribution in [0.15, 0.2) is 28.7 Å². The van der Waals surface area contributed by atoms with Crippen LogP contribution in [0.2, 0.25) is 0 Å². The summed E-state index contributed by atoms with van der Waals surface area (Å²) in [7, 11) is 0. The Bertz CT molecular complexity index is 350. The molecule has 14 heavy (non-hydrogen) atoms. The van der Waals surface area contributed by atoms with Crippen molar-refractivity contribution in [2.75, 3.05) is 13.1 Å². The lowest BCUT2D eigenvalue weighted by Crippen LogP contribution is -2.57. The van der Waals surface area contributed by atoms with Gasteiger partial charge in [0.15, 0.2) is 0 Å².